The van der Waals surface area contributed by atoms with Gasteiger partial charge in [-0.2, -0.15) is 0 Å². The highest BCUT2D eigenvalue weighted by molar-refractivity contribution is 7.12. The van der Waals surface area contributed by atoms with Gasteiger partial charge in [-0.3, -0.25) is 0 Å². The van der Waals surface area contributed by atoms with E-state index >= 15 is 0 Å². The van der Waals surface area contributed by atoms with Gasteiger partial charge in [-0.1, -0.05) is 117 Å². The van der Waals surface area contributed by atoms with Crippen molar-refractivity contribution < 1.29 is 0 Å². The van der Waals surface area contributed by atoms with Gasteiger partial charge in [0.05, 0.1) is 22.4 Å². The highest BCUT2D eigenvalue weighted by atomic mass is 32.1. The first kappa shape index (κ1) is 26.1. The first-order valence-electron chi connectivity index (χ1n) is 15.3. The maximum absolute atomic E-state index is 5.07. The van der Waals surface area contributed by atoms with Gasteiger partial charge in [0.15, 0.2) is 5.82 Å². The maximum atomic E-state index is 5.07. The maximum Gasteiger partial charge on any atom is 0.160 e. The summed E-state index contributed by atoms with van der Waals surface area (Å²) in [5.74, 6) is 0.726. The summed E-state index contributed by atoms with van der Waals surface area (Å²) in [7, 11) is 0. The van der Waals surface area contributed by atoms with E-state index in [9.17, 15) is 0 Å². The van der Waals surface area contributed by atoms with Crippen LogP contribution < -0.4 is 0 Å². The zero-order chi connectivity index (χ0) is 30.1. The zero-order valence-electron chi connectivity index (χ0n) is 25.0. The second-order valence-electron chi connectivity index (χ2n) is 12.3. The lowest BCUT2D eigenvalue weighted by molar-refractivity contribution is 0.635. The molecule has 0 bridgehead atoms. The number of nitrogens with zero attached hydrogens (tertiary/aromatic N) is 3. The van der Waals surface area contributed by atoms with Crippen molar-refractivity contribution in [3.8, 4) is 50.0 Å². The van der Waals surface area contributed by atoms with Crippen LogP contribution in [0.5, 0.6) is 0 Å². The fourth-order valence-corrected chi connectivity index (χ4v) is 8.06. The van der Waals surface area contributed by atoms with Crippen molar-refractivity contribution in [1.82, 2.24) is 14.5 Å². The van der Waals surface area contributed by atoms with Crippen LogP contribution >= 0.6 is 11.3 Å². The normalized spacial score (nSPS) is 13.3. The average Bonchev–Trinajstić information content (AvgIpc) is 3.72. The van der Waals surface area contributed by atoms with Gasteiger partial charge < -0.3 is 4.57 Å². The molecule has 1 aliphatic rings. The topological polar surface area (TPSA) is 30.7 Å². The minimum Gasteiger partial charge on any atom is -0.300 e. The van der Waals surface area contributed by atoms with Crippen molar-refractivity contribution in [3.63, 3.8) is 0 Å². The van der Waals surface area contributed by atoms with E-state index in [1.165, 1.54) is 49.1 Å². The Morgan fingerprint density at radius 1 is 0.533 bits per heavy atom. The van der Waals surface area contributed by atoms with E-state index in [1.807, 2.05) is 35.6 Å². The van der Waals surface area contributed by atoms with E-state index in [1.54, 1.807) is 0 Å². The lowest BCUT2D eigenvalue weighted by atomic mass is 9.76. The van der Waals surface area contributed by atoms with E-state index in [-0.39, 0.29) is 5.41 Å². The van der Waals surface area contributed by atoms with E-state index in [0.29, 0.717) is 0 Å². The van der Waals surface area contributed by atoms with Crippen LogP contribution in [0.25, 0.3) is 71.8 Å². The van der Waals surface area contributed by atoms with Gasteiger partial charge in [0, 0.05) is 32.9 Å². The predicted octanol–water partition coefficient (Wildman–Crippen LogP) is 10.9. The van der Waals surface area contributed by atoms with Crippen molar-refractivity contribution in [2.75, 3.05) is 0 Å². The van der Waals surface area contributed by atoms with Gasteiger partial charge >= 0.3 is 0 Å². The monoisotopic (exact) mass is 595 g/mol. The van der Waals surface area contributed by atoms with Crippen LogP contribution in [0.3, 0.4) is 0 Å². The molecule has 0 N–H and O–H groups in total. The number of rotatable bonds is 4. The standard InChI is InChI=1S/C41H29N3S/c1-41(2)33-18-10-17-31-32-24-29(19-20-37(32)44(38(31)33)40-34(41)21-22-45-40)28-15-9-16-30(23-28)36-25-35(26-11-5-3-6-12-26)42-39(43-36)27-13-7-4-8-14-27/h3-25H,1-2H3. The molecule has 214 valence electrons. The molecule has 0 saturated heterocycles. The van der Waals surface area contributed by atoms with Crippen LogP contribution in [0.1, 0.15) is 25.0 Å². The summed E-state index contributed by atoms with van der Waals surface area (Å²) in [5, 5.41) is 6.16. The number of aromatic nitrogens is 3. The predicted molar refractivity (Wildman–Crippen MR) is 188 cm³/mol. The lowest BCUT2D eigenvalue weighted by Gasteiger charge is -2.32. The van der Waals surface area contributed by atoms with E-state index in [4.69, 9.17) is 9.97 Å². The summed E-state index contributed by atoms with van der Waals surface area (Å²) in [6, 6.07) is 47.5. The number of thiophene rings is 1. The van der Waals surface area contributed by atoms with E-state index < -0.39 is 0 Å². The molecule has 0 atom stereocenters. The van der Waals surface area contributed by atoms with Gasteiger partial charge in [0.1, 0.15) is 5.00 Å². The Balaban J connectivity index is 1.20. The number of benzene rings is 5. The third-order valence-electron chi connectivity index (χ3n) is 9.30. The number of fused-ring (bicyclic) bond motifs is 5. The minimum absolute atomic E-state index is 0.0366. The molecule has 0 radical (unpaired) electrons. The third-order valence-corrected chi connectivity index (χ3v) is 10.2. The Morgan fingerprint density at radius 2 is 1.20 bits per heavy atom. The van der Waals surface area contributed by atoms with Crippen LogP contribution in [-0.4, -0.2) is 14.5 Å². The van der Waals surface area contributed by atoms with Crippen LogP contribution in [-0.2, 0) is 5.41 Å². The summed E-state index contributed by atoms with van der Waals surface area (Å²) in [6.45, 7) is 4.70. The van der Waals surface area contributed by atoms with Crippen LogP contribution in [0.15, 0.2) is 139 Å². The van der Waals surface area contributed by atoms with Crippen molar-refractivity contribution in [1.29, 1.82) is 0 Å². The number of para-hydroxylation sites is 1. The highest BCUT2D eigenvalue weighted by Crippen LogP contribution is 2.49. The Hall–Kier alpha value is -5.32. The Kier molecular flexibility index (Phi) is 5.71. The first-order valence-corrected chi connectivity index (χ1v) is 16.2. The summed E-state index contributed by atoms with van der Waals surface area (Å²) >= 11 is 1.83. The van der Waals surface area contributed by atoms with Gasteiger partial charge in [-0.25, -0.2) is 9.97 Å². The van der Waals surface area contributed by atoms with Gasteiger partial charge in [0.2, 0.25) is 0 Å². The van der Waals surface area contributed by atoms with Crippen LogP contribution in [0, 0.1) is 0 Å². The highest BCUT2D eigenvalue weighted by Gasteiger charge is 2.35. The third kappa shape index (κ3) is 4.03. The molecular formula is C41H29N3S. The molecule has 0 aliphatic carbocycles. The summed E-state index contributed by atoms with van der Waals surface area (Å²) in [6.07, 6.45) is 0. The Labute approximate surface area is 266 Å². The Morgan fingerprint density at radius 3 is 2.00 bits per heavy atom. The van der Waals surface area contributed by atoms with E-state index in [2.05, 4.69) is 133 Å². The van der Waals surface area contributed by atoms with Crippen LogP contribution in [0.2, 0.25) is 0 Å². The second-order valence-corrected chi connectivity index (χ2v) is 13.2. The van der Waals surface area contributed by atoms with Crippen molar-refractivity contribution in [2.45, 2.75) is 19.3 Å². The number of hydrogen-bond donors (Lipinski definition) is 0. The summed E-state index contributed by atoms with van der Waals surface area (Å²) in [5.41, 5.74) is 12.7. The zero-order valence-corrected chi connectivity index (χ0v) is 25.8. The SMILES string of the molecule is CC1(C)c2ccsc2-n2c3ccc(-c4cccc(-c5cc(-c6ccccc6)nc(-c6ccccc6)n5)c4)cc3c3cccc1c32. The Bertz CT molecular complexity index is 2340. The molecule has 4 heteroatoms. The van der Waals surface area contributed by atoms with Crippen molar-refractivity contribution >= 4 is 33.1 Å². The quantitative estimate of drug-likeness (QED) is 0.203. The molecule has 0 spiro atoms. The van der Waals surface area contributed by atoms with Gasteiger partial charge in [-0.05, 0) is 58.0 Å². The first-order chi connectivity index (χ1) is 22.1. The molecule has 5 aromatic carbocycles. The lowest BCUT2D eigenvalue weighted by Crippen LogP contribution is -2.24. The molecule has 1 aliphatic heterocycles. The average molecular weight is 596 g/mol. The fourth-order valence-electron chi connectivity index (χ4n) is 6.99. The molecule has 0 unspecified atom stereocenters. The molecule has 45 heavy (non-hydrogen) atoms. The summed E-state index contributed by atoms with van der Waals surface area (Å²) in [4.78, 5) is 10.0. The minimum atomic E-state index is -0.0366. The second kappa shape index (κ2) is 9.85. The molecule has 3 aromatic heterocycles. The fraction of sp³-hybridized carbons (Fsp3) is 0.0732. The smallest absolute Gasteiger partial charge is 0.160 e. The van der Waals surface area contributed by atoms with Crippen molar-refractivity contribution in [3.05, 3.63) is 150 Å². The molecule has 0 fully saturated rings. The molecule has 8 aromatic rings. The molecule has 4 heterocycles. The van der Waals surface area contributed by atoms with Gasteiger partial charge in [0.25, 0.3) is 0 Å². The summed E-state index contributed by atoms with van der Waals surface area (Å²) < 4.78 is 2.49. The van der Waals surface area contributed by atoms with Crippen LogP contribution in [0.4, 0.5) is 0 Å². The molecule has 3 nitrogen and oxygen atoms in total. The molecular weight excluding hydrogens is 567 g/mol. The van der Waals surface area contributed by atoms with Crippen molar-refractivity contribution in [2.24, 2.45) is 0 Å². The van der Waals surface area contributed by atoms with Gasteiger partial charge in [-0.15, -0.1) is 11.3 Å². The molecule has 9 rings (SSSR count). The number of hydrogen-bond acceptors (Lipinski definition) is 3. The largest absolute Gasteiger partial charge is 0.300 e. The molecule has 0 saturated carbocycles. The molecule has 0 amide bonds. The van der Waals surface area contributed by atoms with E-state index in [0.717, 1.165) is 33.9 Å².